The van der Waals surface area contributed by atoms with Crippen molar-refractivity contribution in [2.75, 3.05) is 38.5 Å². The summed E-state index contributed by atoms with van der Waals surface area (Å²) in [6.07, 6.45) is 1.77. The van der Waals surface area contributed by atoms with Gasteiger partial charge in [0.05, 0.1) is 27.0 Å². The molecule has 1 aromatic carbocycles. The van der Waals surface area contributed by atoms with E-state index in [0.29, 0.717) is 10.0 Å². The number of halogens is 2. The van der Waals surface area contributed by atoms with Crippen LogP contribution in [0.4, 0.5) is 17.2 Å². The predicted molar refractivity (Wildman–Crippen MR) is 99.2 cm³/mol. The molecule has 2 aromatic rings. The molecule has 5 nitrogen and oxygen atoms in total. The van der Waals surface area contributed by atoms with E-state index in [1.807, 2.05) is 12.1 Å². The van der Waals surface area contributed by atoms with E-state index in [9.17, 15) is 0 Å². The maximum atomic E-state index is 6.20. The predicted octanol–water partition coefficient (Wildman–Crippen LogP) is 3.77. The lowest BCUT2D eigenvalue weighted by Crippen LogP contribution is -2.47. The van der Waals surface area contributed by atoms with Crippen LogP contribution < -0.4 is 5.32 Å². The molecule has 0 atom stereocenters. The fraction of sp³-hybridized carbons (Fsp3) is 0.294. The molecule has 1 saturated heterocycles. The van der Waals surface area contributed by atoms with Gasteiger partial charge in [0.15, 0.2) is 0 Å². The van der Waals surface area contributed by atoms with Gasteiger partial charge in [-0.25, -0.2) is 9.98 Å². The molecule has 0 bridgehead atoms. The first-order chi connectivity index (χ1) is 11.6. The summed E-state index contributed by atoms with van der Waals surface area (Å²) >= 11 is 12.4. The molecule has 2 aliphatic heterocycles. The van der Waals surface area contributed by atoms with E-state index in [1.165, 1.54) is 0 Å². The van der Waals surface area contributed by atoms with Crippen molar-refractivity contribution in [2.45, 2.75) is 0 Å². The third-order valence-electron chi connectivity index (χ3n) is 4.37. The number of aromatic nitrogens is 1. The van der Waals surface area contributed by atoms with Crippen molar-refractivity contribution in [3.05, 3.63) is 46.1 Å². The number of nitrogens with zero attached hydrogens (tertiary/aromatic N) is 4. The van der Waals surface area contributed by atoms with Gasteiger partial charge in [-0.2, -0.15) is 0 Å². The number of likely N-dealkylation sites (N-methyl/N-ethyl adjacent to an activating group) is 1. The number of hydrogen-bond acceptors (Lipinski definition) is 5. The summed E-state index contributed by atoms with van der Waals surface area (Å²) < 4.78 is 0. The van der Waals surface area contributed by atoms with E-state index < -0.39 is 0 Å². The Morgan fingerprint density at radius 3 is 2.62 bits per heavy atom. The van der Waals surface area contributed by atoms with Crippen LogP contribution in [0.15, 0.2) is 35.5 Å². The van der Waals surface area contributed by atoms with Crippen molar-refractivity contribution < 1.29 is 0 Å². The van der Waals surface area contributed by atoms with Crippen LogP contribution in [0.3, 0.4) is 0 Å². The first-order valence-corrected chi connectivity index (χ1v) is 8.61. The fourth-order valence-corrected chi connectivity index (χ4v) is 3.30. The van der Waals surface area contributed by atoms with Crippen LogP contribution in [-0.4, -0.2) is 53.8 Å². The van der Waals surface area contributed by atoms with Crippen molar-refractivity contribution in [1.29, 1.82) is 0 Å². The Morgan fingerprint density at radius 1 is 1.08 bits per heavy atom. The van der Waals surface area contributed by atoms with Crippen LogP contribution in [-0.2, 0) is 0 Å². The standard InChI is InChI=1S/C17H17Cl2N5/c1-23-5-7-24(8-6-23)17-11-3-2-4-20-16(11)21-14-9-12(18)13(19)10-15(14)22-17/h2-4,9-10H,5-8H2,1H3,(H,20,21). The van der Waals surface area contributed by atoms with Gasteiger partial charge in [-0.1, -0.05) is 23.2 Å². The number of nitrogens with one attached hydrogen (secondary N) is 1. The monoisotopic (exact) mass is 361 g/mol. The van der Waals surface area contributed by atoms with Gasteiger partial charge in [0, 0.05) is 32.4 Å². The van der Waals surface area contributed by atoms with Gasteiger partial charge in [0.1, 0.15) is 11.7 Å². The van der Waals surface area contributed by atoms with Gasteiger partial charge in [-0.3, -0.25) is 0 Å². The molecule has 1 aromatic heterocycles. The molecule has 0 unspecified atom stereocenters. The molecule has 0 amide bonds. The minimum absolute atomic E-state index is 0.498. The second-order valence-electron chi connectivity index (χ2n) is 6.03. The third kappa shape index (κ3) is 2.83. The Balaban J connectivity index is 1.85. The second-order valence-corrected chi connectivity index (χ2v) is 6.85. The summed E-state index contributed by atoms with van der Waals surface area (Å²) in [5.74, 6) is 1.71. The zero-order chi connectivity index (χ0) is 16.7. The van der Waals surface area contributed by atoms with Crippen LogP contribution >= 0.6 is 23.2 Å². The average molecular weight is 362 g/mol. The first-order valence-electron chi connectivity index (χ1n) is 7.85. The lowest BCUT2D eigenvalue weighted by molar-refractivity contribution is 0.216. The number of anilines is 2. The van der Waals surface area contributed by atoms with Gasteiger partial charge >= 0.3 is 0 Å². The zero-order valence-corrected chi connectivity index (χ0v) is 14.8. The molecular weight excluding hydrogens is 345 g/mol. The number of fused-ring (bicyclic) bond motifs is 2. The Bertz CT molecular complexity index is 813. The Morgan fingerprint density at radius 2 is 1.83 bits per heavy atom. The SMILES string of the molecule is CN1CCN(C2=Nc3cc(Cl)c(Cl)cc3Nc3ncccc32)CC1. The molecule has 1 N–H and O–H groups in total. The largest absolute Gasteiger partial charge is 0.353 e. The highest BCUT2D eigenvalue weighted by atomic mass is 35.5. The minimum atomic E-state index is 0.498. The summed E-state index contributed by atoms with van der Waals surface area (Å²) in [7, 11) is 2.14. The van der Waals surface area contributed by atoms with Gasteiger partial charge < -0.3 is 15.1 Å². The maximum absolute atomic E-state index is 6.20. The van der Waals surface area contributed by atoms with E-state index in [2.05, 4.69) is 27.1 Å². The summed E-state index contributed by atoms with van der Waals surface area (Å²) in [4.78, 5) is 14.0. The van der Waals surface area contributed by atoms with Crippen molar-refractivity contribution in [3.63, 3.8) is 0 Å². The third-order valence-corrected chi connectivity index (χ3v) is 5.09. The number of hydrogen-bond donors (Lipinski definition) is 1. The summed E-state index contributed by atoms with van der Waals surface area (Å²) in [5, 5.41) is 4.34. The van der Waals surface area contributed by atoms with E-state index in [1.54, 1.807) is 18.3 Å². The van der Waals surface area contributed by atoms with Gasteiger partial charge in [0.25, 0.3) is 0 Å². The Hall–Kier alpha value is -1.82. The smallest absolute Gasteiger partial charge is 0.141 e. The van der Waals surface area contributed by atoms with E-state index in [-0.39, 0.29) is 0 Å². The van der Waals surface area contributed by atoms with Gasteiger partial charge in [-0.15, -0.1) is 0 Å². The topological polar surface area (TPSA) is 43.8 Å². The summed E-state index contributed by atoms with van der Waals surface area (Å²) in [5.41, 5.74) is 2.58. The normalized spacial score (nSPS) is 17.5. The molecule has 7 heteroatoms. The molecule has 24 heavy (non-hydrogen) atoms. The molecule has 2 aliphatic rings. The molecule has 0 aliphatic carbocycles. The highest BCUT2D eigenvalue weighted by Crippen LogP contribution is 2.39. The van der Waals surface area contributed by atoms with Crippen LogP contribution in [0.1, 0.15) is 5.56 Å². The van der Waals surface area contributed by atoms with Gasteiger partial charge in [-0.05, 0) is 31.3 Å². The number of rotatable bonds is 0. The van der Waals surface area contributed by atoms with E-state index in [4.69, 9.17) is 28.2 Å². The molecule has 0 spiro atoms. The van der Waals surface area contributed by atoms with Crippen molar-refractivity contribution in [1.82, 2.24) is 14.8 Å². The molecule has 124 valence electrons. The average Bonchev–Trinajstić information content (AvgIpc) is 2.73. The molecule has 1 fully saturated rings. The molecule has 4 rings (SSSR count). The molecule has 0 radical (unpaired) electrons. The molecule has 0 saturated carbocycles. The van der Waals surface area contributed by atoms with Crippen molar-refractivity contribution in [3.8, 4) is 0 Å². The van der Waals surface area contributed by atoms with Crippen LogP contribution in [0, 0.1) is 0 Å². The summed E-state index contributed by atoms with van der Waals surface area (Å²) in [6.45, 7) is 3.88. The number of piperazine rings is 1. The number of benzene rings is 1. The number of amidine groups is 1. The summed E-state index contributed by atoms with van der Waals surface area (Å²) in [6, 6.07) is 7.58. The lowest BCUT2D eigenvalue weighted by Gasteiger charge is -2.34. The van der Waals surface area contributed by atoms with E-state index in [0.717, 1.165) is 54.8 Å². The maximum Gasteiger partial charge on any atom is 0.141 e. The Labute approximate surface area is 150 Å². The zero-order valence-electron chi connectivity index (χ0n) is 13.3. The highest BCUT2D eigenvalue weighted by molar-refractivity contribution is 6.42. The minimum Gasteiger partial charge on any atom is -0.353 e. The lowest BCUT2D eigenvalue weighted by atomic mass is 10.2. The Kier molecular flexibility index (Phi) is 4.08. The first kappa shape index (κ1) is 15.7. The van der Waals surface area contributed by atoms with Crippen LogP contribution in [0.2, 0.25) is 10.0 Å². The second kappa shape index (κ2) is 6.24. The number of pyridine rings is 1. The molecular formula is C17H17Cl2N5. The highest BCUT2D eigenvalue weighted by Gasteiger charge is 2.24. The van der Waals surface area contributed by atoms with Crippen molar-refractivity contribution >= 4 is 46.2 Å². The fourth-order valence-electron chi connectivity index (χ4n) is 2.98. The quantitative estimate of drug-likeness (QED) is 0.775. The molecule has 3 heterocycles. The van der Waals surface area contributed by atoms with Crippen molar-refractivity contribution in [2.24, 2.45) is 4.99 Å². The number of aliphatic imine (C=N–C) groups is 1. The van der Waals surface area contributed by atoms with E-state index >= 15 is 0 Å². The van der Waals surface area contributed by atoms with Gasteiger partial charge in [0.2, 0.25) is 0 Å². The van der Waals surface area contributed by atoms with Crippen LogP contribution in [0.5, 0.6) is 0 Å². The van der Waals surface area contributed by atoms with Crippen LogP contribution in [0.25, 0.3) is 0 Å².